The van der Waals surface area contributed by atoms with E-state index in [0.29, 0.717) is 0 Å². The smallest absolute Gasteiger partial charge is 0.0468 e. The third-order valence-electron chi connectivity index (χ3n) is 10.6. The number of rotatable bonds is 3. The van der Waals surface area contributed by atoms with Gasteiger partial charge in [-0.2, -0.15) is 0 Å². The molecular formula is C42H33NS2. The van der Waals surface area contributed by atoms with Gasteiger partial charge in [-0.05, 0) is 93.7 Å². The molecule has 0 radical (unpaired) electrons. The van der Waals surface area contributed by atoms with E-state index < -0.39 is 0 Å². The van der Waals surface area contributed by atoms with Crippen molar-refractivity contribution < 1.29 is 0 Å². The van der Waals surface area contributed by atoms with Gasteiger partial charge in [-0.15, -0.1) is 22.7 Å². The van der Waals surface area contributed by atoms with Crippen LogP contribution in [0.25, 0.3) is 51.5 Å². The lowest BCUT2D eigenvalue weighted by molar-refractivity contribution is 0.299. The van der Waals surface area contributed by atoms with Gasteiger partial charge < -0.3 is 4.90 Å². The van der Waals surface area contributed by atoms with E-state index in [1.54, 1.807) is 0 Å². The first kappa shape index (κ1) is 26.9. The topological polar surface area (TPSA) is 3.24 Å². The molecule has 0 spiro atoms. The second-order valence-electron chi connectivity index (χ2n) is 13.4. The van der Waals surface area contributed by atoms with Crippen LogP contribution in [-0.2, 0) is 10.8 Å². The molecule has 9 rings (SSSR count). The average molecular weight is 616 g/mol. The van der Waals surface area contributed by atoms with Crippen LogP contribution in [0.15, 0.2) is 127 Å². The molecule has 0 unspecified atom stereocenters. The molecule has 2 heterocycles. The summed E-state index contributed by atoms with van der Waals surface area (Å²) in [6, 6.07) is 47.5. The minimum absolute atomic E-state index is 0.0722. The molecule has 0 saturated carbocycles. The largest absolute Gasteiger partial charge is 0.310 e. The van der Waals surface area contributed by atoms with Gasteiger partial charge in [0.05, 0.1) is 0 Å². The van der Waals surface area contributed by atoms with Gasteiger partial charge in [0.2, 0.25) is 0 Å². The van der Waals surface area contributed by atoms with Crippen LogP contribution in [0.5, 0.6) is 0 Å². The van der Waals surface area contributed by atoms with E-state index in [2.05, 4.69) is 160 Å². The van der Waals surface area contributed by atoms with Crippen LogP contribution in [0.3, 0.4) is 0 Å². The van der Waals surface area contributed by atoms with E-state index in [-0.39, 0.29) is 10.8 Å². The van der Waals surface area contributed by atoms with Gasteiger partial charge in [0.25, 0.3) is 0 Å². The average Bonchev–Trinajstić information content (AvgIpc) is 3.63. The normalized spacial score (nSPS) is 15.0. The summed E-state index contributed by atoms with van der Waals surface area (Å²) in [6.45, 7) is 9.74. The zero-order chi connectivity index (χ0) is 30.5. The first-order valence-electron chi connectivity index (χ1n) is 15.7. The van der Waals surface area contributed by atoms with Crippen molar-refractivity contribution in [2.75, 3.05) is 4.90 Å². The van der Waals surface area contributed by atoms with E-state index in [0.717, 1.165) is 5.69 Å². The summed E-state index contributed by atoms with van der Waals surface area (Å²) in [5.41, 5.74) is 8.98. The molecule has 0 N–H and O–H groups in total. The molecule has 0 fully saturated rings. The Labute approximate surface area is 272 Å². The van der Waals surface area contributed by atoms with Crippen molar-refractivity contribution >= 4 is 80.1 Å². The standard InChI is InChI=1S/C42H33NS2/c1-41(2)33-21-23-38-40(31-15-9-11-17-36(31)45-38)39(33)30-20-18-28(25-34(30)42(41,3)4)43(26-12-6-5-7-13-26)27-19-22-37-32(24-27)29-14-8-10-16-35(29)44-37/h5-25H,1-4H3. The van der Waals surface area contributed by atoms with Gasteiger partial charge in [0, 0.05) is 57.4 Å². The fraction of sp³-hybridized carbons (Fsp3) is 0.143. The van der Waals surface area contributed by atoms with E-state index in [1.807, 2.05) is 22.7 Å². The molecule has 1 aliphatic rings. The predicted molar refractivity (Wildman–Crippen MR) is 198 cm³/mol. The second-order valence-corrected chi connectivity index (χ2v) is 15.6. The summed E-state index contributed by atoms with van der Waals surface area (Å²) in [5, 5.41) is 5.40. The van der Waals surface area contributed by atoms with Crippen LogP contribution in [0.4, 0.5) is 17.1 Å². The summed E-state index contributed by atoms with van der Waals surface area (Å²) in [7, 11) is 0. The van der Waals surface area contributed by atoms with Gasteiger partial charge in [-0.1, -0.05) is 94.4 Å². The molecule has 0 aliphatic heterocycles. The zero-order valence-corrected chi connectivity index (χ0v) is 27.5. The molecule has 0 atom stereocenters. The van der Waals surface area contributed by atoms with Crippen molar-refractivity contribution in [3.63, 3.8) is 0 Å². The van der Waals surface area contributed by atoms with Crippen molar-refractivity contribution in [2.24, 2.45) is 0 Å². The summed E-state index contributed by atoms with van der Waals surface area (Å²) >= 11 is 3.78. The molecule has 0 bridgehead atoms. The number of nitrogens with zero attached hydrogens (tertiary/aromatic N) is 1. The van der Waals surface area contributed by atoms with Gasteiger partial charge in [0.15, 0.2) is 0 Å². The summed E-state index contributed by atoms with van der Waals surface area (Å²) in [4.78, 5) is 2.44. The minimum atomic E-state index is -0.0965. The Morgan fingerprint density at radius 2 is 1.02 bits per heavy atom. The predicted octanol–water partition coefficient (Wildman–Crippen LogP) is 13.1. The Morgan fingerprint density at radius 1 is 0.444 bits per heavy atom. The lowest BCUT2D eigenvalue weighted by atomic mass is 9.55. The van der Waals surface area contributed by atoms with Crippen LogP contribution < -0.4 is 4.90 Å². The van der Waals surface area contributed by atoms with E-state index >= 15 is 0 Å². The highest BCUT2D eigenvalue weighted by Gasteiger charge is 2.46. The highest BCUT2D eigenvalue weighted by atomic mass is 32.1. The third kappa shape index (κ3) is 3.78. The summed E-state index contributed by atoms with van der Waals surface area (Å²) in [5.74, 6) is 0. The minimum Gasteiger partial charge on any atom is -0.310 e. The Bertz CT molecular complexity index is 2440. The van der Waals surface area contributed by atoms with E-state index in [9.17, 15) is 0 Å². The van der Waals surface area contributed by atoms with Crippen LogP contribution in [0.1, 0.15) is 38.8 Å². The van der Waals surface area contributed by atoms with Crippen molar-refractivity contribution in [3.05, 3.63) is 139 Å². The lowest BCUT2D eigenvalue weighted by Crippen LogP contribution is -2.43. The molecule has 6 aromatic carbocycles. The van der Waals surface area contributed by atoms with Crippen LogP contribution in [-0.4, -0.2) is 0 Å². The van der Waals surface area contributed by atoms with Gasteiger partial charge >= 0.3 is 0 Å². The van der Waals surface area contributed by atoms with Gasteiger partial charge in [0.1, 0.15) is 0 Å². The Morgan fingerprint density at radius 3 is 1.82 bits per heavy atom. The first-order chi connectivity index (χ1) is 21.8. The Balaban J connectivity index is 1.31. The summed E-state index contributed by atoms with van der Waals surface area (Å²) in [6.07, 6.45) is 0. The molecule has 1 nitrogen and oxygen atoms in total. The number of benzene rings is 6. The maximum absolute atomic E-state index is 2.48. The number of anilines is 3. The van der Waals surface area contributed by atoms with Gasteiger partial charge in [-0.25, -0.2) is 0 Å². The lowest BCUT2D eigenvalue weighted by Gasteiger charge is -2.49. The fourth-order valence-corrected chi connectivity index (χ4v) is 9.77. The van der Waals surface area contributed by atoms with Crippen molar-refractivity contribution in [1.29, 1.82) is 0 Å². The molecule has 0 amide bonds. The summed E-state index contributed by atoms with van der Waals surface area (Å²) < 4.78 is 5.38. The van der Waals surface area contributed by atoms with Crippen LogP contribution in [0.2, 0.25) is 0 Å². The number of para-hydroxylation sites is 1. The van der Waals surface area contributed by atoms with Crippen molar-refractivity contribution in [3.8, 4) is 11.1 Å². The molecular weight excluding hydrogens is 583 g/mol. The molecule has 0 saturated heterocycles. The molecule has 45 heavy (non-hydrogen) atoms. The highest BCUT2D eigenvalue weighted by Crippen LogP contribution is 2.58. The molecule has 218 valence electrons. The van der Waals surface area contributed by atoms with E-state index in [4.69, 9.17) is 0 Å². The van der Waals surface area contributed by atoms with Crippen LogP contribution >= 0.6 is 22.7 Å². The highest BCUT2D eigenvalue weighted by molar-refractivity contribution is 7.26. The maximum Gasteiger partial charge on any atom is 0.0468 e. The Kier molecular flexibility index (Phi) is 5.70. The van der Waals surface area contributed by atoms with Gasteiger partial charge in [-0.3, -0.25) is 0 Å². The molecule has 1 aliphatic carbocycles. The molecule has 8 aromatic rings. The molecule has 3 heteroatoms. The second kappa shape index (κ2) is 9.53. The van der Waals surface area contributed by atoms with Crippen LogP contribution in [0, 0.1) is 0 Å². The monoisotopic (exact) mass is 615 g/mol. The fourth-order valence-electron chi connectivity index (χ4n) is 7.57. The maximum atomic E-state index is 2.48. The Hall–Kier alpha value is -4.44. The van der Waals surface area contributed by atoms with Crippen molar-refractivity contribution in [2.45, 2.75) is 38.5 Å². The molecule has 2 aromatic heterocycles. The number of thiophene rings is 2. The first-order valence-corrected chi connectivity index (χ1v) is 17.3. The SMILES string of the molecule is CC1(C)c2cc(N(c3ccccc3)c3ccc4sc5ccccc5c4c3)ccc2-c2c(ccc3sc4ccccc4c23)C1(C)C. The number of hydrogen-bond acceptors (Lipinski definition) is 3. The van der Waals surface area contributed by atoms with Crippen molar-refractivity contribution in [1.82, 2.24) is 0 Å². The third-order valence-corrected chi connectivity index (χ3v) is 12.9. The number of hydrogen-bond donors (Lipinski definition) is 0. The zero-order valence-electron chi connectivity index (χ0n) is 25.9. The quantitative estimate of drug-likeness (QED) is 0.191. The number of fused-ring (bicyclic) bond motifs is 10. The van der Waals surface area contributed by atoms with E-state index in [1.165, 1.54) is 74.0 Å².